The van der Waals surface area contributed by atoms with Crippen LogP contribution >= 0.6 is 7.82 Å². The highest BCUT2D eigenvalue weighted by atomic mass is 31.2. The maximum Gasteiger partial charge on any atom is 0.472 e. The zero-order valence-corrected chi connectivity index (χ0v) is 33.0. The van der Waals surface area contributed by atoms with Gasteiger partial charge in [0, 0.05) is 12.8 Å². The molecule has 3 atom stereocenters. The second kappa shape index (κ2) is 36.5. The molecule has 298 valence electrons. The summed E-state index contributed by atoms with van der Waals surface area (Å²) >= 11 is 0. The number of carbonyl (C=O) groups is 2. The van der Waals surface area contributed by atoms with Gasteiger partial charge in [-0.3, -0.25) is 18.6 Å². The molecule has 0 rings (SSSR count). The first-order valence-electron chi connectivity index (χ1n) is 19.9. The van der Waals surface area contributed by atoms with Gasteiger partial charge in [0.05, 0.1) is 19.8 Å². The first-order valence-corrected chi connectivity index (χ1v) is 21.4. The number of carbonyl (C=O) groups excluding carboxylic acids is 2. The predicted molar refractivity (Wildman–Crippen MR) is 205 cm³/mol. The number of allylic oxidation sites excluding steroid dienone is 6. The normalized spacial score (nSPS) is 14.4. The summed E-state index contributed by atoms with van der Waals surface area (Å²) in [6, 6.07) is 0. The van der Waals surface area contributed by atoms with E-state index >= 15 is 0 Å². The Morgan fingerprint density at radius 2 is 1.08 bits per heavy atom. The van der Waals surface area contributed by atoms with Crippen LogP contribution < -0.4 is 0 Å². The topological polar surface area (TPSA) is 149 Å². The average molecular weight is 745 g/mol. The molecule has 0 amide bonds. The molecule has 11 heteroatoms. The maximum absolute atomic E-state index is 12.6. The number of unbranched alkanes of at least 4 members (excludes halogenated alkanes) is 17. The van der Waals surface area contributed by atoms with Crippen molar-refractivity contribution in [3.8, 4) is 0 Å². The summed E-state index contributed by atoms with van der Waals surface area (Å²) in [5.74, 6) is -0.943. The van der Waals surface area contributed by atoms with E-state index in [1.807, 2.05) is 0 Å². The van der Waals surface area contributed by atoms with E-state index in [2.05, 4.69) is 54.8 Å². The molecule has 0 saturated carbocycles. The summed E-state index contributed by atoms with van der Waals surface area (Å²) in [5, 5.41) is 18.3. The lowest BCUT2D eigenvalue weighted by atomic mass is 10.0. The van der Waals surface area contributed by atoms with Crippen molar-refractivity contribution in [2.24, 2.45) is 0 Å². The molecule has 0 radical (unpaired) electrons. The van der Waals surface area contributed by atoms with Crippen molar-refractivity contribution in [3.63, 3.8) is 0 Å². The molecule has 51 heavy (non-hydrogen) atoms. The lowest BCUT2D eigenvalue weighted by molar-refractivity contribution is -0.161. The van der Waals surface area contributed by atoms with E-state index in [4.69, 9.17) is 19.1 Å². The molecule has 0 aromatic rings. The van der Waals surface area contributed by atoms with Crippen molar-refractivity contribution in [2.45, 2.75) is 180 Å². The summed E-state index contributed by atoms with van der Waals surface area (Å²) in [4.78, 5) is 34.9. The van der Waals surface area contributed by atoms with Gasteiger partial charge in [0.2, 0.25) is 0 Å². The van der Waals surface area contributed by atoms with Crippen LogP contribution in [0.1, 0.15) is 168 Å². The van der Waals surface area contributed by atoms with Gasteiger partial charge in [0.25, 0.3) is 0 Å². The first kappa shape index (κ1) is 49.2. The highest BCUT2D eigenvalue weighted by molar-refractivity contribution is 7.47. The minimum atomic E-state index is -4.61. The highest BCUT2D eigenvalue weighted by Gasteiger charge is 2.27. The largest absolute Gasteiger partial charge is 0.472 e. The van der Waals surface area contributed by atoms with Crippen molar-refractivity contribution in [2.75, 3.05) is 26.4 Å². The van der Waals surface area contributed by atoms with E-state index in [9.17, 15) is 24.2 Å². The summed E-state index contributed by atoms with van der Waals surface area (Å²) < 4.78 is 32.6. The smallest absolute Gasteiger partial charge is 0.462 e. The van der Waals surface area contributed by atoms with E-state index in [0.29, 0.717) is 12.8 Å². The van der Waals surface area contributed by atoms with Gasteiger partial charge in [-0.15, -0.1) is 0 Å². The minimum absolute atomic E-state index is 0.183. The van der Waals surface area contributed by atoms with Crippen molar-refractivity contribution < 1.29 is 47.8 Å². The van der Waals surface area contributed by atoms with Crippen LogP contribution in [0.4, 0.5) is 0 Å². The van der Waals surface area contributed by atoms with Crippen LogP contribution in [0.2, 0.25) is 0 Å². The third-order valence-electron chi connectivity index (χ3n) is 8.31. The van der Waals surface area contributed by atoms with Crippen molar-refractivity contribution in [1.82, 2.24) is 0 Å². The number of hydrogen-bond acceptors (Lipinski definition) is 9. The number of rotatable bonds is 37. The van der Waals surface area contributed by atoms with E-state index in [0.717, 1.165) is 70.6 Å². The van der Waals surface area contributed by atoms with E-state index in [1.165, 1.54) is 57.8 Å². The highest BCUT2D eigenvalue weighted by Crippen LogP contribution is 2.43. The molecule has 0 aliphatic heterocycles. The first-order chi connectivity index (χ1) is 24.7. The molecule has 0 heterocycles. The van der Waals surface area contributed by atoms with E-state index in [-0.39, 0.29) is 19.4 Å². The van der Waals surface area contributed by atoms with Crippen LogP contribution in [0.25, 0.3) is 0 Å². The predicted octanol–water partition coefficient (Wildman–Crippen LogP) is 10.00. The average Bonchev–Trinajstić information content (AvgIpc) is 3.12. The lowest BCUT2D eigenvalue weighted by Gasteiger charge is -2.20. The van der Waals surface area contributed by atoms with Gasteiger partial charge in [-0.25, -0.2) is 4.57 Å². The van der Waals surface area contributed by atoms with Crippen LogP contribution in [0, 0.1) is 0 Å². The second-order valence-electron chi connectivity index (χ2n) is 13.3. The Kier molecular flexibility index (Phi) is 35.2. The van der Waals surface area contributed by atoms with Crippen LogP contribution in [-0.4, -0.2) is 65.7 Å². The number of aliphatic hydroxyl groups is 2. The van der Waals surface area contributed by atoms with Gasteiger partial charge < -0.3 is 24.6 Å². The number of phosphoric ester groups is 1. The molecule has 0 aromatic carbocycles. The Bertz CT molecular complexity index is 952. The molecular formula is C40H73O10P. The van der Waals surface area contributed by atoms with E-state index in [1.54, 1.807) is 0 Å². The van der Waals surface area contributed by atoms with Gasteiger partial charge >= 0.3 is 19.8 Å². The molecule has 10 nitrogen and oxygen atoms in total. The fourth-order valence-electron chi connectivity index (χ4n) is 5.24. The Labute approximate surface area is 310 Å². The minimum Gasteiger partial charge on any atom is -0.462 e. The Hall–Kier alpha value is -1.81. The number of ether oxygens (including phenoxy) is 2. The fourth-order valence-corrected chi connectivity index (χ4v) is 6.03. The van der Waals surface area contributed by atoms with Crippen LogP contribution in [-0.2, 0) is 32.7 Å². The van der Waals surface area contributed by atoms with Crippen molar-refractivity contribution in [1.29, 1.82) is 0 Å². The fraction of sp³-hybridized carbons (Fsp3) is 0.800. The van der Waals surface area contributed by atoms with Gasteiger partial charge in [0.15, 0.2) is 6.10 Å². The SMILES string of the molecule is CC/C=C/C/C=C/C/C=C/CCCCCCCC(=O)OC[C@H](COP(=O)(O)OC[C@@H](O)CO)OC(=O)CCCCCCCCCCCCCCC. The van der Waals surface area contributed by atoms with Gasteiger partial charge in [-0.1, -0.05) is 147 Å². The third kappa shape index (κ3) is 36.3. The Balaban J connectivity index is 4.36. The molecule has 3 N–H and O–H groups in total. The Morgan fingerprint density at radius 3 is 1.63 bits per heavy atom. The number of esters is 2. The number of aliphatic hydroxyl groups excluding tert-OH is 2. The Morgan fingerprint density at radius 1 is 0.608 bits per heavy atom. The summed E-state index contributed by atoms with van der Waals surface area (Å²) in [6.45, 7) is 2.24. The zero-order valence-electron chi connectivity index (χ0n) is 32.1. The number of phosphoric acid groups is 1. The lowest BCUT2D eigenvalue weighted by Crippen LogP contribution is -2.29. The summed E-state index contributed by atoms with van der Waals surface area (Å²) in [6.07, 6.45) is 35.4. The third-order valence-corrected chi connectivity index (χ3v) is 9.26. The molecular weight excluding hydrogens is 671 g/mol. The molecule has 1 unspecified atom stereocenters. The van der Waals surface area contributed by atoms with Crippen LogP contribution in [0.5, 0.6) is 0 Å². The number of hydrogen-bond donors (Lipinski definition) is 3. The van der Waals surface area contributed by atoms with Crippen molar-refractivity contribution in [3.05, 3.63) is 36.5 Å². The monoisotopic (exact) mass is 744 g/mol. The molecule has 0 bridgehead atoms. The molecule has 0 aromatic heterocycles. The van der Waals surface area contributed by atoms with Crippen molar-refractivity contribution >= 4 is 19.8 Å². The molecule has 0 saturated heterocycles. The zero-order chi connectivity index (χ0) is 37.7. The standard InChI is InChI=1S/C40H73O10P/c1-3-5-7-9-11-13-15-17-18-20-21-23-25-27-29-31-39(43)47-35-38(36-49-51(45,46)48-34-37(42)33-41)50-40(44)32-30-28-26-24-22-19-16-14-12-10-8-6-4-2/h5,7,11,13,17-18,37-38,41-42H,3-4,6,8-10,12,14-16,19-36H2,1-2H3,(H,45,46)/b7-5+,13-11+,18-17+/t37-,38+/m0/s1. The van der Waals surface area contributed by atoms with Crippen LogP contribution in [0.15, 0.2) is 36.5 Å². The van der Waals surface area contributed by atoms with Gasteiger partial charge in [-0.2, -0.15) is 0 Å². The van der Waals surface area contributed by atoms with Gasteiger partial charge in [0.1, 0.15) is 12.7 Å². The van der Waals surface area contributed by atoms with Crippen LogP contribution in [0.3, 0.4) is 0 Å². The van der Waals surface area contributed by atoms with Gasteiger partial charge in [-0.05, 0) is 44.9 Å². The molecule has 0 aliphatic carbocycles. The molecule has 0 fully saturated rings. The molecule has 0 aliphatic rings. The quantitative estimate of drug-likeness (QED) is 0.0243. The maximum atomic E-state index is 12.6. The second-order valence-corrected chi connectivity index (χ2v) is 14.7. The summed E-state index contributed by atoms with van der Waals surface area (Å²) in [5.41, 5.74) is 0. The summed E-state index contributed by atoms with van der Waals surface area (Å²) in [7, 11) is -4.61. The van der Waals surface area contributed by atoms with E-state index < -0.39 is 51.8 Å². The molecule has 0 spiro atoms.